The molecule has 7 heteroatoms. The number of nitrogens with zero attached hydrogens (tertiary/aromatic N) is 3. The molecule has 1 atom stereocenters. The van der Waals surface area contributed by atoms with Crippen LogP contribution in [0.4, 0.5) is 0 Å². The number of benzene rings is 1. The number of amides is 2. The molecule has 1 unspecified atom stereocenters. The first-order valence-electron chi connectivity index (χ1n) is 9.65. The normalized spacial score (nSPS) is 16.6. The van der Waals surface area contributed by atoms with E-state index in [1.54, 1.807) is 16.2 Å². The fourth-order valence-electron chi connectivity index (χ4n) is 3.89. The van der Waals surface area contributed by atoms with Gasteiger partial charge in [0.25, 0.3) is 0 Å². The zero-order valence-electron chi connectivity index (χ0n) is 15.9. The van der Waals surface area contributed by atoms with Gasteiger partial charge in [-0.1, -0.05) is 18.2 Å². The van der Waals surface area contributed by atoms with Crippen LogP contribution in [0.15, 0.2) is 41.8 Å². The van der Waals surface area contributed by atoms with Gasteiger partial charge in [-0.25, -0.2) is 4.98 Å². The molecule has 1 aliphatic rings. The first-order valence-corrected chi connectivity index (χ1v) is 10.5. The molecule has 1 saturated heterocycles. The standard InChI is InChI=1S/C21H24N4O2S/c1-15-23-17-7-2-3-8-18(17)24(15)12-10-22-21(27)19-9-4-11-25(19)20(26)14-16-6-5-13-28-16/h2-3,5-8,13,19H,4,9-12,14H2,1H3,(H,22,27). The lowest BCUT2D eigenvalue weighted by atomic mass is 10.2. The molecule has 0 saturated carbocycles. The van der Waals surface area contributed by atoms with Crippen LogP contribution >= 0.6 is 11.3 Å². The minimum absolute atomic E-state index is 0.0385. The molecule has 3 aromatic rings. The predicted molar refractivity (Wildman–Crippen MR) is 110 cm³/mol. The minimum atomic E-state index is -0.354. The van der Waals surface area contributed by atoms with Crippen LogP contribution in [0.5, 0.6) is 0 Å². The number of aryl methyl sites for hydroxylation is 1. The second kappa shape index (κ2) is 8.14. The molecule has 6 nitrogen and oxygen atoms in total. The average Bonchev–Trinajstić information content (AvgIpc) is 3.42. The van der Waals surface area contributed by atoms with E-state index in [1.165, 1.54) is 0 Å². The summed E-state index contributed by atoms with van der Waals surface area (Å²) < 4.78 is 2.12. The van der Waals surface area contributed by atoms with E-state index < -0.39 is 0 Å². The molecule has 3 heterocycles. The van der Waals surface area contributed by atoms with E-state index >= 15 is 0 Å². The zero-order valence-corrected chi connectivity index (χ0v) is 16.7. The number of imidazole rings is 1. The summed E-state index contributed by atoms with van der Waals surface area (Å²) in [6.45, 7) is 3.81. The molecule has 0 bridgehead atoms. The van der Waals surface area contributed by atoms with E-state index in [9.17, 15) is 9.59 Å². The lowest BCUT2D eigenvalue weighted by Crippen LogP contribution is -2.47. The van der Waals surface area contributed by atoms with Gasteiger partial charge in [0.05, 0.1) is 17.5 Å². The Bertz CT molecular complexity index is 980. The summed E-state index contributed by atoms with van der Waals surface area (Å²) in [5.74, 6) is 0.916. The molecule has 28 heavy (non-hydrogen) atoms. The van der Waals surface area contributed by atoms with E-state index in [1.807, 2.05) is 48.7 Å². The van der Waals surface area contributed by atoms with Crippen LogP contribution < -0.4 is 5.32 Å². The van der Waals surface area contributed by atoms with Crippen LogP contribution in [-0.4, -0.2) is 45.4 Å². The molecular formula is C21H24N4O2S. The molecule has 0 spiro atoms. The lowest BCUT2D eigenvalue weighted by Gasteiger charge is -2.24. The van der Waals surface area contributed by atoms with Gasteiger partial charge in [-0.15, -0.1) is 11.3 Å². The monoisotopic (exact) mass is 396 g/mol. The highest BCUT2D eigenvalue weighted by Gasteiger charge is 2.33. The van der Waals surface area contributed by atoms with Crippen LogP contribution in [0.1, 0.15) is 23.5 Å². The van der Waals surface area contributed by atoms with Gasteiger partial charge < -0.3 is 14.8 Å². The number of thiophene rings is 1. The van der Waals surface area contributed by atoms with Crippen molar-refractivity contribution in [3.8, 4) is 0 Å². The summed E-state index contributed by atoms with van der Waals surface area (Å²) in [5.41, 5.74) is 2.04. The van der Waals surface area contributed by atoms with Gasteiger partial charge in [-0.3, -0.25) is 9.59 Å². The molecule has 1 N–H and O–H groups in total. The van der Waals surface area contributed by atoms with Crippen LogP contribution in [0, 0.1) is 6.92 Å². The first kappa shape index (κ1) is 18.7. The van der Waals surface area contributed by atoms with Gasteiger partial charge in [0.1, 0.15) is 11.9 Å². The Hall–Kier alpha value is -2.67. The zero-order chi connectivity index (χ0) is 19.5. The minimum Gasteiger partial charge on any atom is -0.353 e. The van der Waals surface area contributed by atoms with Crippen molar-refractivity contribution in [3.05, 3.63) is 52.5 Å². The van der Waals surface area contributed by atoms with E-state index in [2.05, 4.69) is 14.9 Å². The Morgan fingerprint density at radius 1 is 1.25 bits per heavy atom. The van der Waals surface area contributed by atoms with Crippen LogP contribution in [-0.2, 0) is 22.6 Å². The molecule has 146 valence electrons. The van der Waals surface area contributed by atoms with Gasteiger partial charge in [-0.2, -0.15) is 0 Å². The SMILES string of the molecule is Cc1nc2ccccc2n1CCNC(=O)C1CCCN1C(=O)Cc1cccs1. The first-order chi connectivity index (χ1) is 13.6. The third kappa shape index (κ3) is 3.80. The van der Waals surface area contributed by atoms with E-state index in [4.69, 9.17) is 0 Å². The van der Waals surface area contributed by atoms with Gasteiger partial charge in [-0.05, 0) is 43.3 Å². The van der Waals surface area contributed by atoms with Gasteiger partial charge in [0.15, 0.2) is 0 Å². The van der Waals surface area contributed by atoms with Crippen molar-refractivity contribution in [1.29, 1.82) is 0 Å². The fourth-order valence-corrected chi connectivity index (χ4v) is 4.58. The molecule has 1 fully saturated rings. The topological polar surface area (TPSA) is 67.2 Å². The van der Waals surface area contributed by atoms with E-state index in [-0.39, 0.29) is 17.9 Å². The maximum absolute atomic E-state index is 12.7. The fraction of sp³-hybridized carbons (Fsp3) is 0.381. The maximum atomic E-state index is 12.7. The summed E-state index contributed by atoms with van der Waals surface area (Å²) in [6.07, 6.45) is 1.98. The van der Waals surface area contributed by atoms with Crippen molar-refractivity contribution >= 4 is 34.2 Å². The number of fused-ring (bicyclic) bond motifs is 1. The molecule has 2 amide bonds. The van der Waals surface area contributed by atoms with Crippen molar-refractivity contribution in [2.75, 3.05) is 13.1 Å². The predicted octanol–water partition coefficient (Wildman–Crippen LogP) is 2.76. The number of likely N-dealkylation sites (tertiary alicyclic amines) is 1. The lowest BCUT2D eigenvalue weighted by molar-refractivity contribution is -0.137. The van der Waals surface area contributed by atoms with Crippen molar-refractivity contribution < 1.29 is 9.59 Å². The Kier molecular flexibility index (Phi) is 5.43. The van der Waals surface area contributed by atoms with Gasteiger partial charge >= 0.3 is 0 Å². The largest absolute Gasteiger partial charge is 0.353 e. The number of aromatic nitrogens is 2. The molecular weight excluding hydrogens is 372 g/mol. The third-order valence-electron chi connectivity index (χ3n) is 5.26. The highest BCUT2D eigenvalue weighted by Crippen LogP contribution is 2.20. The third-order valence-corrected chi connectivity index (χ3v) is 6.14. The summed E-state index contributed by atoms with van der Waals surface area (Å²) in [4.78, 5) is 32.7. The molecule has 0 aliphatic carbocycles. The number of hydrogen-bond acceptors (Lipinski definition) is 4. The van der Waals surface area contributed by atoms with E-state index in [0.717, 1.165) is 34.6 Å². The number of nitrogens with one attached hydrogen (secondary N) is 1. The smallest absolute Gasteiger partial charge is 0.242 e. The van der Waals surface area contributed by atoms with Crippen LogP contribution in [0.2, 0.25) is 0 Å². The van der Waals surface area contributed by atoms with Crippen molar-refractivity contribution in [1.82, 2.24) is 19.8 Å². The van der Waals surface area contributed by atoms with E-state index in [0.29, 0.717) is 26.1 Å². The molecule has 4 rings (SSSR count). The number of para-hydroxylation sites is 2. The summed E-state index contributed by atoms with van der Waals surface area (Å²) >= 11 is 1.58. The highest BCUT2D eigenvalue weighted by atomic mass is 32.1. The maximum Gasteiger partial charge on any atom is 0.242 e. The molecule has 1 aromatic carbocycles. The molecule has 1 aliphatic heterocycles. The average molecular weight is 397 g/mol. The van der Waals surface area contributed by atoms with Gasteiger partial charge in [0.2, 0.25) is 11.8 Å². The molecule has 2 aromatic heterocycles. The van der Waals surface area contributed by atoms with Crippen LogP contribution in [0.25, 0.3) is 11.0 Å². The second-order valence-electron chi connectivity index (χ2n) is 7.09. The summed E-state index contributed by atoms with van der Waals surface area (Å²) in [7, 11) is 0. The van der Waals surface area contributed by atoms with Crippen molar-refractivity contribution in [2.24, 2.45) is 0 Å². The summed E-state index contributed by atoms with van der Waals surface area (Å²) in [5, 5.41) is 4.99. The van der Waals surface area contributed by atoms with Gasteiger partial charge in [0, 0.05) is 24.5 Å². The number of carbonyl (C=O) groups is 2. The van der Waals surface area contributed by atoms with Crippen molar-refractivity contribution in [2.45, 2.75) is 38.8 Å². The Morgan fingerprint density at radius 2 is 2.11 bits per heavy atom. The molecule has 0 radical (unpaired) electrons. The Morgan fingerprint density at radius 3 is 2.93 bits per heavy atom. The van der Waals surface area contributed by atoms with Crippen LogP contribution in [0.3, 0.4) is 0 Å². The number of carbonyl (C=O) groups excluding carboxylic acids is 2. The second-order valence-corrected chi connectivity index (χ2v) is 8.12. The Balaban J connectivity index is 1.35. The van der Waals surface area contributed by atoms with Crippen molar-refractivity contribution in [3.63, 3.8) is 0 Å². The number of hydrogen-bond donors (Lipinski definition) is 1. The highest BCUT2D eigenvalue weighted by molar-refractivity contribution is 7.10. The quantitative estimate of drug-likeness (QED) is 0.697. The number of rotatable bonds is 6. The summed E-state index contributed by atoms with van der Waals surface area (Å²) in [6, 6.07) is 11.6. The Labute approximate surface area is 168 Å².